The van der Waals surface area contributed by atoms with Crippen molar-refractivity contribution in [3.63, 3.8) is 0 Å². The van der Waals surface area contributed by atoms with Gasteiger partial charge in [-0.25, -0.2) is 0 Å². The van der Waals surface area contributed by atoms with Crippen LogP contribution in [0.4, 0.5) is 13.2 Å². The molecule has 21 heavy (non-hydrogen) atoms. The first-order chi connectivity index (χ1) is 9.86. The molecule has 6 heteroatoms. The minimum absolute atomic E-state index is 0.0406. The number of carbonyl (C=O) groups excluding carboxylic acids is 1. The van der Waals surface area contributed by atoms with E-state index in [1.165, 1.54) is 6.42 Å². The highest BCUT2D eigenvalue weighted by atomic mass is 79.9. The monoisotopic (exact) mass is 369 g/mol. The molecule has 2 saturated carbocycles. The van der Waals surface area contributed by atoms with Crippen molar-refractivity contribution in [1.29, 1.82) is 0 Å². The van der Waals surface area contributed by atoms with Crippen LogP contribution in [0.25, 0.3) is 0 Å². The molecule has 4 unspecified atom stereocenters. The van der Waals surface area contributed by atoms with E-state index in [9.17, 15) is 18.0 Å². The van der Waals surface area contributed by atoms with Gasteiger partial charge < -0.3 is 5.32 Å². The van der Waals surface area contributed by atoms with Gasteiger partial charge in [-0.2, -0.15) is 13.2 Å². The molecular formula is C15H23BrF3NO. The van der Waals surface area contributed by atoms with E-state index in [1.54, 1.807) is 0 Å². The van der Waals surface area contributed by atoms with Gasteiger partial charge >= 0.3 is 6.18 Å². The lowest BCUT2D eigenvalue weighted by atomic mass is 9.80. The maximum Gasteiger partial charge on any atom is 0.391 e. The smallest absolute Gasteiger partial charge is 0.356 e. The van der Waals surface area contributed by atoms with Gasteiger partial charge in [-0.1, -0.05) is 28.8 Å². The summed E-state index contributed by atoms with van der Waals surface area (Å²) < 4.78 is 38.3. The predicted molar refractivity (Wildman–Crippen MR) is 79.2 cm³/mol. The number of hydrogen-bond donors (Lipinski definition) is 1. The van der Waals surface area contributed by atoms with Gasteiger partial charge in [-0.3, -0.25) is 4.79 Å². The number of hydrogen-bond acceptors (Lipinski definition) is 1. The minimum Gasteiger partial charge on any atom is -0.356 e. The third-order valence-corrected chi connectivity index (χ3v) is 5.62. The normalized spacial score (nSPS) is 34.5. The molecule has 0 aromatic carbocycles. The lowest BCUT2D eigenvalue weighted by molar-refractivity contribution is -0.186. The molecule has 0 aromatic rings. The fourth-order valence-corrected chi connectivity index (χ4v) is 4.38. The van der Waals surface area contributed by atoms with Gasteiger partial charge in [0, 0.05) is 17.3 Å². The van der Waals surface area contributed by atoms with E-state index in [1.807, 2.05) is 0 Å². The van der Waals surface area contributed by atoms with E-state index < -0.39 is 18.0 Å². The Labute approximate surface area is 132 Å². The van der Waals surface area contributed by atoms with Gasteiger partial charge in [-0.05, 0) is 44.4 Å². The average molecular weight is 370 g/mol. The summed E-state index contributed by atoms with van der Waals surface area (Å²) in [6.07, 6.45) is 1.50. The lowest BCUT2D eigenvalue weighted by Crippen LogP contribution is -2.39. The molecule has 2 aliphatic rings. The summed E-state index contributed by atoms with van der Waals surface area (Å²) >= 11 is 3.60. The summed E-state index contributed by atoms with van der Waals surface area (Å²) in [6.45, 7) is 0.605. The molecule has 0 heterocycles. The van der Waals surface area contributed by atoms with Crippen LogP contribution < -0.4 is 5.32 Å². The zero-order valence-corrected chi connectivity index (χ0v) is 13.7. The molecule has 2 aliphatic carbocycles. The highest BCUT2D eigenvalue weighted by Gasteiger charge is 2.43. The van der Waals surface area contributed by atoms with Gasteiger partial charge in [0.05, 0.1) is 5.92 Å². The number of amides is 1. The zero-order chi connectivity index (χ0) is 15.5. The van der Waals surface area contributed by atoms with Gasteiger partial charge in [-0.15, -0.1) is 0 Å². The Morgan fingerprint density at radius 3 is 2.48 bits per heavy atom. The minimum atomic E-state index is -4.16. The van der Waals surface area contributed by atoms with Crippen LogP contribution in [0.3, 0.4) is 0 Å². The SMILES string of the molecule is O=C(NCC1CCCC(Br)C1)C1CCCC(C(F)(F)F)C1. The van der Waals surface area contributed by atoms with Crippen molar-refractivity contribution in [3.05, 3.63) is 0 Å². The fraction of sp³-hybridized carbons (Fsp3) is 0.933. The molecule has 1 amide bonds. The standard InChI is InChI=1S/C15H23BrF3NO/c16-13-6-1-3-10(7-13)9-20-14(21)11-4-2-5-12(8-11)15(17,18)19/h10-13H,1-9H2,(H,20,21). The molecule has 4 atom stereocenters. The Hall–Kier alpha value is -0.260. The summed E-state index contributed by atoms with van der Waals surface area (Å²) in [6, 6.07) is 0. The van der Waals surface area contributed by atoms with Crippen molar-refractivity contribution < 1.29 is 18.0 Å². The van der Waals surface area contributed by atoms with Crippen molar-refractivity contribution >= 4 is 21.8 Å². The van der Waals surface area contributed by atoms with Crippen molar-refractivity contribution in [2.45, 2.75) is 62.4 Å². The zero-order valence-electron chi connectivity index (χ0n) is 12.1. The third-order valence-electron chi connectivity index (χ3n) is 4.79. The largest absolute Gasteiger partial charge is 0.391 e. The molecule has 0 aliphatic heterocycles. The van der Waals surface area contributed by atoms with E-state index in [0.717, 1.165) is 19.3 Å². The van der Waals surface area contributed by atoms with Gasteiger partial charge in [0.1, 0.15) is 0 Å². The Balaban J connectivity index is 1.77. The lowest BCUT2D eigenvalue weighted by Gasteiger charge is -2.31. The van der Waals surface area contributed by atoms with Crippen LogP contribution in [-0.4, -0.2) is 23.5 Å². The first kappa shape index (κ1) is 17.1. The molecule has 0 spiro atoms. The van der Waals surface area contributed by atoms with Gasteiger partial charge in [0.15, 0.2) is 0 Å². The Morgan fingerprint density at radius 2 is 1.81 bits per heavy atom. The first-order valence-corrected chi connectivity index (χ1v) is 8.76. The van der Waals surface area contributed by atoms with Crippen LogP contribution in [0, 0.1) is 17.8 Å². The predicted octanol–water partition coefficient (Wildman–Crippen LogP) is 4.43. The molecule has 0 saturated heterocycles. The van der Waals surface area contributed by atoms with Gasteiger partial charge in [0.25, 0.3) is 0 Å². The molecule has 0 radical (unpaired) electrons. The number of nitrogens with one attached hydrogen (secondary N) is 1. The van der Waals surface area contributed by atoms with E-state index in [2.05, 4.69) is 21.2 Å². The quantitative estimate of drug-likeness (QED) is 0.732. The summed E-state index contributed by atoms with van der Waals surface area (Å²) in [4.78, 5) is 12.6. The van der Waals surface area contributed by atoms with Crippen LogP contribution >= 0.6 is 15.9 Å². The van der Waals surface area contributed by atoms with E-state index >= 15 is 0 Å². The highest BCUT2D eigenvalue weighted by Crippen LogP contribution is 2.40. The Bertz CT molecular complexity index is 361. The second kappa shape index (κ2) is 7.34. The molecule has 0 bridgehead atoms. The number of alkyl halides is 4. The molecule has 1 N–H and O–H groups in total. The summed E-state index contributed by atoms with van der Waals surface area (Å²) in [5.41, 5.74) is 0. The van der Waals surface area contributed by atoms with Crippen molar-refractivity contribution in [1.82, 2.24) is 5.32 Å². The molecule has 122 valence electrons. The number of halogens is 4. The summed E-state index contributed by atoms with van der Waals surface area (Å²) in [5, 5.41) is 2.89. The van der Waals surface area contributed by atoms with Crippen molar-refractivity contribution in [2.24, 2.45) is 17.8 Å². The molecule has 0 aromatic heterocycles. The van der Waals surface area contributed by atoms with Crippen LogP contribution in [0.5, 0.6) is 0 Å². The number of rotatable bonds is 3. The first-order valence-electron chi connectivity index (χ1n) is 7.84. The van der Waals surface area contributed by atoms with Crippen LogP contribution in [0.15, 0.2) is 0 Å². The summed E-state index contributed by atoms with van der Waals surface area (Å²) in [5.74, 6) is -1.49. The van der Waals surface area contributed by atoms with Crippen molar-refractivity contribution in [3.8, 4) is 0 Å². The van der Waals surface area contributed by atoms with Crippen LogP contribution in [0.1, 0.15) is 51.4 Å². The van der Waals surface area contributed by atoms with Crippen molar-refractivity contribution in [2.75, 3.05) is 6.54 Å². The van der Waals surface area contributed by atoms with Crippen LogP contribution in [-0.2, 0) is 4.79 Å². The Morgan fingerprint density at radius 1 is 1.10 bits per heavy atom. The van der Waals surface area contributed by atoms with E-state index in [-0.39, 0.29) is 18.7 Å². The third kappa shape index (κ3) is 5.15. The molecule has 2 rings (SSSR count). The molecular weight excluding hydrogens is 347 g/mol. The summed E-state index contributed by atoms with van der Waals surface area (Å²) in [7, 11) is 0. The maximum atomic E-state index is 12.8. The fourth-order valence-electron chi connectivity index (χ4n) is 3.53. The van der Waals surface area contributed by atoms with E-state index in [4.69, 9.17) is 0 Å². The number of carbonyl (C=O) groups is 1. The maximum absolute atomic E-state index is 12.8. The van der Waals surface area contributed by atoms with Crippen LogP contribution in [0.2, 0.25) is 0 Å². The van der Waals surface area contributed by atoms with E-state index in [0.29, 0.717) is 30.1 Å². The second-order valence-corrected chi connectivity index (χ2v) is 7.77. The second-order valence-electron chi connectivity index (χ2n) is 6.48. The highest BCUT2D eigenvalue weighted by molar-refractivity contribution is 9.09. The Kier molecular flexibility index (Phi) is 5.97. The molecule has 2 fully saturated rings. The topological polar surface area (TPSA) is 29.1 Å². The van der Waals surface area contributed by atoms with Gasteiger partial charge in [0.2, 0.25) is 5.91 Å². The molecule has 2 nitrogen and oxygen atoms in total. The average Bonchev–Trinajstić information content (AvgIpc) is 2.44.